The Labute approximate surface area is 162 Å². The first-order valence-corrected chi connectivity index (χ1v) is 9.45. The molecule has 2 aliphatic rings. The van der Waals surface area contributed by atoms with Crippen LogP contribution >= 0.6 is 23.2 Å². The molecule has 4 rings (SSSR count). The van der Waals surface area contributed by atoms with Crippen LogP contribution in [-0.4, -0.2) is 18.4 Å². The summed E-state index contributed by atoms with van der Waals surface area (Å²) in [6.07, 6.45) is 2.52. The van der Waals surface area contributed by atoms with Crippen molar-refractivity contribution in [2.24, 2.45) is 11.8 Å². The van der Waals surface area contributed by atoms with Crippen molar-refractivity contribution in [3.63, 3.8) is 0 Å². The van der Waals surface area contributed by atoms with Gasteiger partial charge in [-0.05, 0) is 49.1 Å². The lowest BCUT2D eigenvalue weighted by Crippen LogP contribution is -2.37. The molecule has 1 aliphatic carbocycles. The molecule has 26 heavy (non-hydrogen) atoms. The summed E-state index contributed by atoms with van der Waals surface area (Å²) in [5.41, 5.74) is 2.73. The van der Waals surface area contributed by atoms with Gasteiger partial charge in [0, 0.05) is 28.0 Å². The number of carbonyl (C=O) groups excluding carboxylic acids is 2. The first-order chi connectivity index (χ1) is 12.5. The van der Waals surface area contributed by atoms with Crippen molar-refractivity contribution in [2.45, 2.75) is 19.3 Å². The van der Waals surface area contributed by atoms with Crippen molar-refractivity contribution >= 4 is 46.4 Å². The Kier molecular flexibility index (Phi) is 4.63. The Balaban J connectivity index is 1.43. The minimum Gasteiger partial charge on any atom is -0.326 e. The fourth-order valence-electron chi connectivity index (χ4n) is 3.58. The van der Waals surface area contributed by atoms with Crippen molar-refractivity contribution in [3.05, 3.63) is 58.1 Å². The van der Waals surface area contributed by atoms with Gasteiger partial charge >= 0.3 is 0 Å². The van der Waals surface area contributed by atoms with Gasteiger partial charge in [0.05, 0.1) is 11.8 Å². The highest BCUT2D eigenvalue weighted by Crippen LogP contribution is 2.43. The highest BCUT2D eigenvalue weighted by Gasteiger charge is 2.50. The number of nitrogens with one attached hydrogen (secondary N) is 1. The predicted molar refractivity (Wildman–Crippen MR) is 104 cm³/mol. The van der Waals surface area contributed by atoms with E-state index in [0.717, 1.165) is 18.5 Å². The molecule has 4 nitrogen and oxygen atoms in total. The van der Waals surface area contributed by atoms with E-state index in [0.29, 0.717) is 28.7 Å². The maximum Gasteiger partial charge on any atom is 0.230 e. The summed E-state index contributed by atoms with van der Waals surface area (Å²) >= 11 is 11.9. The van der Waals surface area contributed by atoms with Gasteiger partial charge in [0.25, 0.3) is 0 Å². The fourth-order valence-corrected chi connectivity index (χ4v) is 4.11. The van der Waals surface area contributed by atoms with Crippen LogP contribution in [0.25, 0.3) is 0 Å². The van der Waals surface area contributed by atoms with Crippen LogP contribution in [-0.2, 0) is 16.0 Å². The quantitative estimate of drug-likeness (QED) is 0.838. The summed E-state index contributed by atoms with van der Waals surface area (Å²) in [5.74, 6) is -0.668. The van der Waals surface area contributed by atoms with Crippen molar-refractivity contribution in [2.75, 3.05) is 16.8 Å². The van der Waals surface area contributed by atoms with Gasteiger partial charge in [0.2, 0.25) is 11.8 Å². The van der Waals surface area contributed by atoms with Gasteiger partial charge in [-0.15, -0.1) is 0 Å². The second kappa shape index (κ2) is 6.93. The van der Waals surface area contributed by atoms with Gasteiger partial charge < -0.3 is 10.2 Å². The van der Waals surface area contributed by atoms with Gasteiger partial charge in [-0.25, -0.2) is 0 Å². The normalized spacial score (nSPS) is 21.1. The monoisotopic (exact) mass is 388 g/mol. The number of carbonyl (C=O) groups is 2. The van der Waals surface area contributed by atoms with Gasteiger partial charge in [-0.2, -0.15) is 0 Å². The molecule has 2 unspecified atom stereocenters. The molecular formula is C20H18Cl2N2O2. The molecule has 2 amide bonds. The highest BCUT2D eigenvalue weighted by molar-refractivity contribution is 6.35. The number of amides is 2. The molecule has 0 aromatic heterocycles. The maximum absolute atomic E-state index is 12.9. The Morgan fingerprint density at radius 1 is 1.04 bits per heavy atom. The second-order valence-electron chi connectivity index (χ2n) is 6.82. The van der Waals surface area contributed by atoms with Crippen LogP contribution in [0.4, 0.5) is 11.4 Å². The van der Waals surface area contributed by atoms with Crippen LogP contribution in [0.2, 0.25) is 10.0 Å². The van der Waals surface area contributed by atoms with Crippen molar-refractivity contribution in [1.29, 1.82) is 0 Å². The number of hydrogen-bond donors (Lipinski definition) is 1. The standard InChI is InChI=1S/C20H18Cl2N2O2/c21-13-8-14(22)10-15(9-13)23-19(25)16-11-17(16)20(26)24-7-3-5-12-4-1-2-6-18(12)24/h1-2,4,6,8-10,16-17H,3,5,7,11H2,(H,23,25). The molecular weight excluding hydrogens is 371 g/mol. The molecule has 2 aromatic rings. The second-order valence-corrected chi connectivity index (χ2v) is 7.69. The Morgan fingerprint density at radius 3 is 2.54 bits per heavy atom. The topological polar surface area (TPSA) is 49.4 Å². The number of aryl methyl sites for hydroxylation is 1. The SMILES string of the molecule is O=C(Nc1cc(Cl)cc(Cl)c1)C1CC1C(=O)N1CCCc2ccccc21. The molecule has 134 valence electrons. The minimum absolute atomic E-state index is 0.0430. The van der Waals surface area contributed by atoms with E-state index in [-0.39, 0.29) is 23.7 Å². The van der Waals surface area contributed by atoms with E-state index in [1.165, 1.54) is 5.56 Å². The van der Waals surface area contributed by atoms with Crippen molar-refractivity contribution in [1.82, 2.24) is 0 Å². The first kappa shape index (κ1) is 17.4. The number of halogens is 2. The predicted octanol–water partition coefficient (Wildman–Crippen LogP) is 4.55. The van der Waals surface area contributed by atoms with Gasteiger partial charge in [0.1, 0.15) is 0 Å². The molecule has 1 saturated carbocycles. The lowest BCUT2D eigenvalue weighted by Gasteiger charge is -2.29. The van der Waals surface area contributed by atoms with Crippen LogP contribution in [0.5, 0.6) is 0 Å². The number of fused-ring (bicyclic) bond motifs is 1. The van der Waals surface area contributed by atoms with E-state index < -0.39 is 0 Å². The zero-order chi connectivity index (χ0) is 18.3. The lowest BCUT2D eigenvalue weighted by molar-refractivity contribution is -0.123. The van der Waals surface area contributed by atoms with Crippen LogP contribution in [0.15, 0.2) is 42.5 Å². The summed E-state index contributed by atoms with van der Waals surface area (Å²) in [6.45, 7) is 0.713. The highest BCUT2D eigenvalue weighted by atomic mass is 35.5. The summed E-state index contributed by atoms with van der Waals surface area (Å²) < 4.78 is 0. The molecule has 2 atom stereocenters. The number of nitrogens with zero attached hydrogens (tertiary/aromatic N) is 1. The van der Waals surface area contributed by atoms with Crippen LogP contribution in [0.3, 0.4) is 0 Å². The van der Waals surface area contributed by atoms with Gasteiger partial charge in [-0.3, -0.25) is 9.59 Å². The zero-order valence-corrected chi connectivity index (χ0v) is 15.6. The molecule has 2 aromatic carbocycles. The number of anilines is 2. The van der Waals surface area contributed by atoms with E-state index in [2.05, 4.69) is 11.4 Å². The molecule has 1 N–H and O–H groups in total. The molecule has 0 bridgehead atoms. The number of benzene rings is 2. The molecule has 1 fully saturated rings. The zero-order valence-electron chi connectivity index (χ0n) is 14.0. The summed E-state index contributed by atoms with van der Waals surface area (Å²) in [4.78, 5) is 27.2. The smallest absolute Gasteiger partial charge is 0.230 e. The Morgan fingerprint density at radius 2 is 1.77 bits per heavy atom. The first-order valence-electron chi connectivity index (χ1n) is 8.69. The summed E-state index contributed by atoms with van der Waals surface area (Å²) in [6, 6.07) is 12.9. The number of hydrogen-bond acceptors (Lipinski definition) is 2. The third-order valence-electron chi connectivity index (χ3n) is 4.95. The van der Waals surface area contributed by atoms with Gasteiger partial charge in [0.15, 0.2) is 0 Å². The van der Waals surface area contributed by atoms with E-state index in [1.807, 2.05) is 23.1 Å². The fraction of sp³-hybridized carbons (Fsp3) is 0.300. The van der Waals surface area contributed by atoms with Crippen LogP contribution in [0, 0.1) is 11.8 Å². The number of para-hydroxylation sites is 1. The van der Waals surface area contributed by atoms with E-state index >= 15 is 0 Å². The summed E-state index contributed by atoms with van der Waals surface area (Å²) in [7, 11) is 0. The van der Waals surface area contributed by atoms with E-state index in [4.69, 9.17) is 23.2 Å². The third-order valence-corrected chi connectivity index (χ3v) is 5.39. The maximum atomic E-state index is 12.9. The molecule has 0 radical (unpaired) electrons. The largest absolute Gasteiger partial charge is 0.326 e. The van der Waals surface area contributed by atoms with Crippen molar-refractivity contribution < 1.29 is 9.59 Å². The molecule has 1 aliphatic heterocycles. The average molecular weight is 389 g/mol. The average Bonchev–Trinajstić information content (AvgIpc) is 3.40. The minimum atomic E-state index is -0.297. The molecule has 0 saturated heterocycles. The lowest BCUT2D eigenvalue weighted by atomic mass is 10.0. The summed E-state index contributed by atoms with van der Waals surface area (Å²) in [5, 5.41) is 3.73. The molecule has 0 spiro atoms. The Bertz CT molecular complexity index is 864. The van der Waals surface area contributed by atoms with Crippen LogP contribution < -0.4 is 10.2 Å². The van der Waals surface area contributed by atoms with Gasteiger partial charge in [-0.1, -0.05) is 41.4 Å². The molecule has 1 heterocycles. The third kappa shape index (κ3) is 3.44. The van der Waals surface area contributed by atoms with E-state index in [9.17, 15) is 9.59 Å². The van der Waals surface area contributed by atoms with E-state index in [1.54, 1.807) is 18.2 Å². The number of rotatable bonds is 3. The van der Waals surface area contributed by atoms with Crippen molar-refractivity contribution in [3.8, 4) is 0 Å². The Hall–Kier alpha value is -2.04. The van der Waals surface area contributed by atoms with Crippen LogP contribution in [0.1, 0.15) is 18.4 Å². The molecule has 6 heteroatoms.